The number of nitrogens with zero attached hydrogens (tertiary/aromatic N) is 3. The summed E-state index contributed by atoms with van der Waals surface area (Å²) < 4.78 is 57.1. The summed E-state index contributed by atoms with van der Waals surface area (Å²) in [5, 5.41) is 10.7. The van der Waals surface area contributed by atoms with Crippen LogP contribution in [0.25, 0.3) is 0 Å². The highest BCUT2D eigenvalue weighted by molar-refractivity contribution is 7.15. The summed E-state index contributed by atoms with van der Waals surface area (Å²) in [6.45, 7) is 9.19. The molecule has 6 aromatic rings. The number of amides is 1. The molecule has 0 aliphatic carbocycles. The van der Waals surface area contributed by atoms with Crippen molar-refractivity contribution in [2.45, 2.75) is 52.8 Å². The predicted molar refractivity (Wildman–Crippen MR) is 197 cm³/mol. The van der Waals surface area contributed by atoms with E-state index in [0.717, 1.165) is 39.9 Å². The highest BCUT2D eigenvalue weighted by atomic mass is 32.1. The number of benzene rings is 4. The van der Waals surface area contributed by atoms with Crippen molar-refractivity contribution in [3.63, 3.8) is 0 Å². The molecule has 1 N–H and O–H groups in total. The lowest BCUT2D eigenvalue weighted by Gasteiger charge is -2.34. The van der Waals surface area contributed by atoms with Gasteiger partial charge in [-0.05, 0) is 110 Å². The number of carbonyl (C=O) groups excluding carboxylic acids is 1. The Morgan fingerprint density at radius 2 is 1.11 bits per heavy atom. The van der Waals surface area contributed by atoms with Crippen LogP contribution >= 0.6 is 22.7 Å². The van der Waals surface area contributed by atoms with Crippen LogP contribution in [0.2, 0.25) is 0 Å². The molecule has 0 saturated carbocycles. The van der Waals surface area contributed by atoms with Gasteiger partial charge in [0.2, 0.25) is 16.0 Å². The van der Waals surface area contributed by atoms with Gasteiger partial charge in [0.05, 0.1) is 30.6 Å². The zero-order chi connectivity index (χ0) is 37.6. The first-order valence-electron chi connectivity index (χ1n) is 16.5. The summed E-state index contributed by atoms with van der Waals surface area (Å²) in [5.74, 6) is -0.100. The van der Waals surface area contributed by atoms with Gasteiger partial charge >= 0.3 is 0 Å². The molecule has 0 bridgehead atoms. The van der Waals surface area contributed by atoms with Crippen molar-refractivity contribution in [1.29, 1.82) is 0 Å². The van der Waals surface area contributed by atoms with E-state index >= 15 is 0 Å². The van der Waals surface area contributed by atoms with Crippen LogP contribution in [0.5, 0.6) is 55.0 Å². The number of phenolic OH excluding ortho intramolecular Hbond substituents is 1. The van der Waals surface area contributed by atoms with Crippen molar-refractivity contribution in [3.05, 3.63) is 120 Å². The Hall–Kier alpha value is -5.73. The molecule has 2 aromatic heterocycles. The molecule has 4 aromatic carbocycles. The topological polar surface area (TPSA) is 112 Å². The lowest BCUT2D eigenvalue weighted by atomic mass is 10.0. The maximum absolute atomic E-state index is 14.5. The predicted octanol–water partition coefficient (Wildman–Crippen LogP) is 11.2. The van der Waals surface area contributed by atoms with Crippen LogP contribution in [0.4, 0.5) is 8.78 Å². The maximum atomic E-state index is 14.5. The highest BCUT2D eigenvalue weighted by Crippen LogP contribution is 2.39. The third kappa shape index (κ3) is 9.39. The molecular weight excluding hydrogens is 725 g/mol. The molecule has 1 amide bonds. The molecule has 0 fully saturated rings. The summed E-state index contributed by atoms with van der Waals surface area (Å²) >= 11 is 2.22. The second kappa shape index (κ2) is 16.3. The molecule has 6 rings (SSSR count). The Morgan fingerprint density at radius 1 is 0.660 bits per heavy atom. The SMILES string of the molecule is CC(=O)N(C(C)c1ccc(Oc2cnc(Oc3ccc(O)cc3F)s2)cc1)C(C)c1ccc(Oc2cnc(Oc3ccc(OC(C)C)cc3F)s2)cc1. The number of aromatic hydroxyl groups is 1. The molecular formula is C39H35F2N3O7S2. The van der Waals surface area contributed by atoms with E-state index in [0.29, 0.717) is 27.4 Å². The third-order valence-corrected chi connectivity index (χ3v) is 9.38. The number of thiazole rings is 2. The van der Waals surface area contributed by atoms with E-state index in [4.69, 9.17) is 23.7 Å². The average Bonchev–Trinajstić information content (AvgIpc) is 3.76. The van der Waals surface area contributed by atoms with E-state index in [9.17, 15) is 18.7 Å². The summed E-state index contributed by atoms with van der Waals surface area (Å²) in [4.78, 5) is 23.1. The third-order valence-electron chi connectivity index (χ3n) is 7.87. The summed E-state index contributed by atoms with van der Waals surface area (Å²) in [6.07, 6.45) is 2.90. The van der Waals surface area contributed by atoms with E-state index in [1.807, 2.05) is 64.1 Å². The van der Waals surface area contributed by atoms with Crippen molar-refractivity contribution in [2.24, 2.45) is 0 Å². The van der Waals surface area contributed by atoms with E-state index in [1.54, 1.807) is 30.0 Å². The van der Waals surface area contributed by atoms with Gasteiger partial charge < -0.3 is 33.7 Å². The van der Waals surface area contributed by atoms with Crippen molar-refractivity contribution in [3.8, 4) is 55.0 Å². The van der Waals surface area contributed by atoms with Gasteiger partial charge in [0, 0.05) is 19.1 Å². The molecule has 0 aliphatic heterocycles. The number of carbonyl (C=O) groups is 1. The fraction of sp³-hybridized carbons (Fsp3) is 0.205. The van der Waals surface area contributed by atoms with E-state index in [2.05, 4.69) is 9.97 Å². The lowest BCUT2D eigenvalue weighted by Crippen LogP contribution is -2.34. The normalized spacial score (nSPS) is 12.2. The van der Waals surface area contributed by atoms with Gasteiger partial charge in [0.25, 0.3) is 10.4 Å². The first kappa shape index (κ1) is 37.0. The Bertz CT molecular complexity index is 2180. The zero-order valence-electron chi connectivity index (χ0n) is 29.3. The van der Waals surface area contributed by atoms with Gasteiger partial charge in [0.1, 0.15) is 23.0 Å². The number of hydrogen-bond donors (Lipinski definition) is 1. The number of phenols is 1. The molecule has 14 heteroatoms. The molecule has 0 spiro atoms. The quantitative estimate of drug-likeness (QED) is 0.116. The molecule has 2 atom stereocenters. The smallest absolute Gasteiger partial charge is 0.282 e. The number of ether oxygens (including phenoxy) is 5. The molecule has 274 valence electrons. The van der Waals surface area contributed by atoms with Gasteiger partial charge in [0.15, 0.2) is 23.1 Å². The second-order valence-corrected chi connectivity index (χ2v) is 14.0. The fourth-order valence-electron chi connectivity index (χ4n) is 5.41. The van der Waals surface area contributed by atoms with Crippen LogP contribution in [0, 0.1) is 11.6 Å². The van der Waals surface area contributed by atoms with Crippen LogP contribution in [0.15, 0.2) is 97.3 Å². The van der Waals surface area contributed by atoms with E-state index in [1.165, 1.54) is 36.7 Å². The first-order chi connectivity index (χ1) is 25.4. The average molecular weight is 760 g/mol. The molecule has 53 heavy (non-hydrogen) atoms. The van der Waals surface area contributed by atoms with Crippen molar-refractivity contribution < 1.29 is 42.4 Å². The first-order valence-corrected chi connectivity index (χ1v) is 18.1. The lowest BCUT2D eigenvalue weighted by molar-refractivity contribution is -0.133. The molecule has 2 unspecified atom stereocenters. The molecule has 2 heterocycles. The van der Waals surface area contributed by atoms with Crippen LogP contribution < -0.4 is 23.7 Å². The van der Waals surface area contributed by atoms with Crippen LogP contribution in [0.1, 0.15) is 57.8 Å². The monoisotopic (exact) mass is 759 g/mol. The number of halogens is 2. The minimum Gasteiger partial charge on any atom is -0.508 e. The minimum absolute atomic E-state index is 0.0254. The molecule has 0 saturated heterocycles. The van der Waals surface area contributed by atoms with Gasteiger partial charge in [-0.15, -0.1) is 0 Å². The van der Waals surface area contributed by atoms with Crippen molar-refractivity contribution >= 4 is 28.6 Å². The zero-order valence-corrected chi connectivity index (χ0v) is 30.9. The largest absolute Gasteiger partial charge is 0.508 e. The fourth-order valence-corrected chi connectivity index (χ4v) is 6.72. The molecule has 0 aliphatic rings. The van der Waals surface area contributed by atoms with Gasteiger partial charge in [-0.25, -0.2) is 18.7 Å². The number of aromatic nitrogens is 2. The van der Waals surface area contributed by atoms with Gasteiger partial charge in [-0.3, -0.25) is 4.79 Å². The standard InChI is InChI=1S/C39H35F2N3O7S2/c1-22(2)47-31-15-17-35(33(41)19-31)51-39-43-21-37(53-39)49-30-13-8-27(9-14-30)24(4)44(25(5)45)23(3)26-6-11-29(12-7-26)48-36-20-42-38(52-36)50-34-16-10-28(46)18-32(34)40/h6-24,46H,1-5H3. The van der Waals surface area contributed by atoms with Crippen LogP contribution in [-0.2, 0) is 4.79 Å². The van der Waals surface area contributed by atoms with E-state index in [-0.39, 0.29) is 51.7 Å². The van der Waals surface area contributed by atoms with Crippen molar-refractivity contribution in [2.75, 3.05) is 0 Å². The Morgan fingerprint density at radius 3 is 1.55 bits per heavy atom. The van der Waals surface area contributed by atoms with Crippen LogP contribution in [-0.4, -0.2) is 32.0 Å². The maximum Gasteiger partial charge on any atom is 0.282 e. The van der Waals surface area contributed by atoms with Gasteiger partial charge in [-0.1, -0.05) is 24.3 Å². The molecule has 10 nitrogen and oxygen atoms in total. The highest BCUT2D eigenvalue weighted by Gasteiger charge is 2.25. The van der Waals surface area contributed by atoms with E-state index < -0.39 is 11.6 Å². The molecule has 0 radical (unpaired) electrons. The van der Waals surface area contributed by atoms with Gasteiger partial charge in [-0.2, -0.15) is 0 Å². The van der Waals surface area contributed by atoms with Crippen LogP contribution in [0.3, 0.4) is 0 Å². The summed E-state index contributed by atoms with van der Waals surface area (Å²) in [6, 6.07) is 22.3. The van der Waals surface area contributed by atoms with Crippen molar-refractivity contribution in [1.82, 2.24) is 14.9 Å². The minimum atomic E-state index is -0.711. The number of rotatable bonds is 14. The number of hydrogen-bond acceptors (Lipinski definition) is 11. The second-order valence-electron chi connectivity index (χ2n) is 12.1. The Kier molecular flexibility index (Phi) is 11.4. The summed E-state index contributed by atoms with van der Waals surface area (Å²) in [5.41, 5.74) is 1.81. The Labute approximate surface area is 312 Å². The summed E-state index contributed by atoms with van der Waals surface area (Å²) in [7, 11) is 0. The Balaban J connectivity index is 1.05.